The van der Waals surface area contributed by atoms with Crippen molar-refractivity contribution < 1.29 is 4.79 Å². The first-order valence-electron chi connectivity index (χ1n) is 6.30. The Morgan fingerprint density at radius 3 is 2.53 bits per heavy atom. The minimum Gasteiger partial charge on any atom is -0.342 e. The summed E-state index contributed by atoms with van der Waals surface area (Å²) < 4.78 is 0. The smallest absolute Gasteiger partial charge is 0.236 e. The van der Waals surface area contributed by atoms with Crippen molar-refractivity contribution in [3.05, 3.63) is 35.9 Å². The van der Waals surface area contributed by atoms with Gasteiger partial charge in [0, 0.05) is 13.1 Å². The van der Waals surface area contributed by atoms with E-state index in [1.165, 1.54) is 5.56 Å². The van der Waals surface area contributed by atoms with Crippen LogP contribution < -0.4 is 5.32 Å². The van der Waals surface area contributed by atoms with Crippen molar-refractivity contribution in [2.45, 2.75) is 20.3 Å². The van der Waals surface area contributed by atoms with Gasteiger partial charge in [-0.25, -0.2) is 0 Å². The van der Waals surface area contributed by atoms with Gasteiger partial charge in [0.25, 0.3) is 0 Å². The Hall–Kier alpha value is -1.35. The van der Waals surface area contributed by atoms with Gasteiger partial charge in [-0.1, -0.05) is 37.3 Å². The molecule has 0 aromatic heterocycles. The third-order valence-electron chi connectivity index (χ3n) is 2.77. The van der Waals surface area contributed by atoms with Crippen LogP contribution >= 0.6 is 0 Å². The molecule has 1 rings (SSSR count). The lowest BCUT2D eigenvalue weighted by Gasteiger charge is -2.21. The van der Waals surface area contributed by atoms with E-state index in [0.29, 0.717) is 6.54 Å². The van der Waals surface area contributed by atoms with E-state index in [0.717, 1.165) is 26.1 Å². The van der Waals surface area contributed by atoms with Crippen molar-refractivity contribution in [1.29, 1.82) is 0 Å². The van der Waals surface area contributed by atoms with Crippen molar-refractivity contribution in [2.24, 2.45) is 0 Å². The summed E-state index contributed by atoms with van der Waals surface area (Å²) in [6, 6.07) is 10.3. The summed E-state index contributed by atoms with van der Waals surface area (Å²) in [6.07, 6.45) is 0.923. The molecule has 0 heterocycles. The predicted octanol–water partition coefficient (Wildman–Crippen LogP) is 1.69. The Labute approximate surface area is 104 Å². The first kappa shape index (κ1) is 13.7. The van der Waals surface area contributed by atoms with E-state index in [1.807, 2.05) is 36.9 Å². The summed E-state index contributed by atoms with van der Waals surface area (Å²) in [5.74, 6) is 0.185. The maximum Gasteiger partial charge on any atom is 0.236 e. The molecular formula is C14H22N2O. The second-order valence-electron chi connectivity index (χ2n) is 3.99. The molecule has 94 valence electrons. The van der Waals surface area contributed by atoms with Crippen LogP contribution in [-0.2, 0) is 11.2 Å². The SMILES string of the molecule is CCNCC(=O)N(CC)CCc1ccccc1. The van der Waals surface area contributed by atoms with E-state index in [2.05, 4.69) is 17.4 Å². The molecule has 0 radical (unpaired) electrons. The van der Waals surface area contributed by atoms with Gasteiger partial charge in [-0.3, -0.25) is 4.79 Å². The van der Waals surface area contributed by atoms with E-state index < -0.39 is 0 Å². The van der Waals surface area contributed by atoms with Crippen LogP contribution in [-0.4, -0.2) is 37.0 Å². The van der Waals surface area contributed by atoms with E-state index in [4.69, 9.17) is 0 Å². The normalized spacial score (nSPS) is 10.2. The van der Waals surface area contributed by atoms with Crippen LogP contribution in [0.5, 0.6) is 0 Å². The van der Waals surface area contributed by atoms with Crippen LogP contribution in [0.3, 0.4) is 0 Å². The molecule has 0 saturated carbocycles. The van der Waals surface area contributed by atoms with Crippen LogP contribution in [0.2, 0.25) is 0 Å². The molecule has 0 spiro atoms. The summed E-state index contributed by atoms with van der Waals surface area (Å²) in [5.41, 5.74) is 1.28. The van der Waals surface area contributed by atoms with Crippen LogP contribution in [0.25, 0.3) is 0 Å². The zero-order chi connectivity index (χ0) is 12.5. The standard InChI is InChI=1S/C14H22N2O/c1-3-15-12-14(17)16(4-2)11-10-13-8-6-5-7-9-13/h5-9,15H,3-4,10-12H2,1-2H3. The van der Waals surface area contributed by atoms with E-state index >= 15 is 0 Å². The highest BCUT2D eigenvalue weighted by molar-refractivity contribution is 5.78. The number of amides is 1. The molecule has 1 amide bonds. The maximum absolute atomic E-state index is 11.8. The van der Waals surface area contributed by atoms with E-state index in [9.17, 15) is 4.79 Å². The fraction of sp³-hybridized carbons (Fsp3) is 0.500. The topological polar surface area (TPSA) is 32.3 Å². The summed E-state index contributed by atoms with van der Waals surface area (Å²) in [5, 5.41) is 3.07. The highest BCUT2D eigenvalue weighted by atomic mass is 16.2. The lowest BCUT2D eigenvalue weighted by Crippen LogP contribution is -2.39. The molecule has 17 heavy (non-hydrogen) atoms. The van der Waals surface area contributed by atoms with Gasteiger partial charge >= 0.3 is 0 Å². The van der Waals surface area contributed by atoms with Gasteiger partial charge in [0.05, 0.1) is 6.54 Å². The number of hydrogen-bond acceptors (Lipinski definition) is 2. The molecule has 0 aliphatic rings. The number of nitrogens with zero attached hydrogens (tertiary/aromatic N) is 1. The van der Waals surface area contributed by atoms with Gasteiger partial charge < -0.3 is 10.2 Å². The first-order chi connectivity index (χ1) is 8.27. The molecule has 1 N–H and O–H groups in total. The zero-order valence-corrected chi connectivity index (χ0v) is 10.8. The van der Waals surface area contributed by atoms with Gasteiger partial charge in [-0.2, -0.15) is 0 Å². The quantitative estimate of drug-likeness (QED) is 0.778. The summed E-state index contributed by atoms with van der Waals surface area (Å²) >= 11 is 0. The number of carbonyl (C=O) groups is 1. The molecular weight excluding hydrogens is 212 g/mol. The van der Waals surface area contributed by atoms with Crippen LogP contribution in [0, 0.1) is 0 Å². The molecule has 1 aromatic carbocycles. The number of carbonyl (C=O) groups excluding carboxylic acids is 1. The highest BCUT2D eigenvalue weighted by Gasteiger charge is 2.10. The Bertz CT molecular complexity index is 324. The number of likely N-dealkylation sites (N-methyl/N-ethyl adjacent to an activating group) is 2. The van der Waals surface area contributed by atoms with Gasteiger partial charge in [-0.15, -0.1) is 0 Å². The van der Waals surface area contributed by atoms with Gasteiger partial charge in [0.1, 0.15) is 0 Å². The second kappa shape index (κ2) is 7.85. The van der Waals surface area contributed by atoms with Crippen molar-refractivity contribution in [1.82, 2.24) is 10.2 Å². The first-order valence-corrected chi connectivity index (χ1v) is 6.30. The van der Waals surface area contributed by atoms with Crippen molar-refractivity contribution in [2.75, 3.05) is 26.2 Å². The largest absolute Gasteiger partial charge is 0.342 e. The highest BCUT2D eigenvalue weighted by Crippen LogP contribution is 2.01. The lowest BCUT2D eigenvalue weighted by atomic mass is 10.1. The summed E-state index contributed by atoms with van der Waals surface area (Å²) in [4.78, 5) is 13.7. The van der Waals surface area contributed by atoms with Crippen molar-refractivity contribution in [3.8, 4) is 0 Å². The van der Waals surface area contributed by atoms with E-state index in [-0.39, 0.29) is 5.91 Å². The van der Waals surface area contributed by atoms with Gasteiger partial charge in [0.2, 0.25) is 5.91 Å². The zero-order valence-electron chi connectivity index (χ0n) is 10.8. The molecule has 0 unspecified atom stereocenters. The third kappa shape index (κ3) is 5.00. The minimum atomic E-state index is 0.185. The predicted molar refractivity (Wildman–Crippen MR) is 70.9 cm³/mol. The molecule has 0 aliphatic heterocycles. The minimum absolute atomic E-state index is 0.185. The van der Waals surface area contributed by atoms with Crippen LogP contribution in [0.15, 0.2) is 30.3 Å². The van der Waals surface area contributed by atoms with E-state index in [1.54, 1.807) is 0 Å². The third-order valence-corrected chi connectivity index (χ3v) is 2.77. The van der Waals surface area contributed by atoms with Gasteiger partial charge in [0.15, 0.2) is 0 Å². The average Bonchev–Trinajstić information content (AvgIpc) is 2.38. The Morgan fingerprint density at radius 2 is 1.94 bits per heavy atom. The Morgan fingerprint density at radius 1 is 1.24 bits per heavy atom. The molecule has 0 atom stereocenters. The lowest BCUT2D eigenvalue weighted by molar-refractivity contribution is -0.130. The fourth-order valence-electron chi connectivity index (χ4n) is 1.71. The molecule has 3 nitrogen and oxygen atoms in total. The van der Waals surface area contributed by atoms with Gasteiger partial charge in [-0.05, 0) is 25.5 Å². The number of rotatable bonds is 7. The monoisotopic (exact) mass is 234 g/mol. The molecule has 0 aliphatic carbocycles. The summed E-state index contributed by atoms with van der Waals surface area (Å²) in [6.45, 7) is 6.88. The molecule has 0 saturated heterocycles. The number of hydrogen-bond donors (Lipinski definition) is 1. The molecule has 0 bridgehead atoms. The molecule has 1 aromatic rings. The Balaban J connectivity index is 2.39. The van der Waals surface area contributed by atoms with Crippen molar-refractivity contribution >= 4 is 5.91 Å². The summed E-state index contributed by atoms with van der Waals surface area (Å²) in [7, 11) is 0. The Kier molecular flexibility index (Phi) is 6.33. The molecule has 3 heteroatoms. The van der Waals surface area contributed by atoms with Crippen LogP contribution in [0.1, 0.15) is 19.4 Å². The number of nitrogens with one attached hydrogen (secondary N) is 1. The number of benzene rings is 1. The average molecular weight is 234 g/mol. The molecule has 0 fully saturated rings. The van der Waals surface area contributed by atoms with Crippen LogP contribution in [0.4, 0.5) is 0 Å². The maximum atomic E-state index is 11.8. The second-order valence-corrected chi connectivity index (χ2v) is 3.99. The van der Waals surface area contributed by atoms with Crippen molar-refractivity contribution in [3.63, 3.8) is 0 Å². The fourth-order valence-corrected chi connectivity index (χ4v) is 1.71.